The Morgan fingerprint density at radius 2 is 1.89 bits per heavy atom. The molecule has 0 aliphatic rings. The van der Waals surface area contributed by atoms with Crippen molar-refractivity contribution >= 4 is 5.69 Å². The van der Waals surface area contributed by atoms with Gasteiger partial charge in [0.25, 0.3) is 0 Å². The summed E-state index contributed by atoms with van der Waals surface area (Å²) < 4.78 is 11.1. The first-order chi connectivity index (χ1) is 9.31. The maximum Gasteiger partial charge on any atom is 0.130 e. The minimum absolute atomic E-state index is 0.436. The molecule has 4 nitrogen and oxygen atoms in total. The molecule has 0 saturated heterocycles. The molecule has 1 N–H and O–H groups in total. The number of nitrogens with zero attached hydrogens (tertiary/aromatic N) is 1. The van der Waals surface area contributed by atoms with Gasteiger partial charge < -0.3 is 14.8 Å². The number of aromatic nitrogens is 1. The Hall–Kier alpha value is -2.23. The topological polar surface area (TPSA) is 43.4 Å². The quantitative estimate of drug-likeness (QED) is 0.864. The van der Waals surface area contributed by atoms with Crippen molar-refractivity contribution in [2.75, 3.05) is 19.0 Å². The van der Waals surface area contributed by atoms with Crippen molar-refractivity contribution in [2.24, 2.45) is 0 Å². The third kappa shape index (κ3) is 3.88. The molecule has 0 amide bonds. The molecule has 4 heteroatoms. The first-order valence-corrected chi connectivity index (χ1v) is 6.30. The van der Waals surface area contributed by atoms with Gasteiger partial charge in [0.1, 0.15) is 18.1 Å². The second-order valence-electron chi connectivity index (χ2n) is 3.98. The van der Waals surface area contributed by atoms with Crippen LogP contribution in [0.1, 0.15) is 12.6 Å². The van der Waals surface area contributed by atoms with Gasteiger partial charge in [0.15, 0.2) is 0 Å². The molecular weight excluding hydrogens is 240 g/mol. The predicted octanol–water partition coefficient (Wildman–Crippen LogP) is 3.10. The van der Waals surface area contributed by atoms with Gasteiger partial charge in [-0.25, -0.2) is 0 Å². The van der Waals surface area contributed by atoms with Crippen molar-refractivity contribution < 1.29 is 9.47 Å². The van der Waals surface area contributed by atoms with Crippen LogP contribution in [0.4, 0.5) is 5.69 Å². The molecule has 2 rings (SSSR count). The van der Waals surface area contributed by atoms with E-state index in [4.69, 9.17) is 9.47 Å². The standard InChI is InChI=1S/C15H18N2O2/c1-3-18-14-5-4-6-15(10-14)19-11-13-9-12(16-2)7-8-17-13/h4-10H,3,11H2,1-2H3,(H,16,17). The van der Waals surface area contributed by atoms with Crippen LogP contribution < -0.4 is 14.8 Å². The maximum atomic E-state index is 5.71. The lowest BCUT2D eigenvalue weighted by molar-refractivity contribution is 0.295. The number of anilines is 1. The lowest BCUT2D eigenvalue weighted by Gasteiger charge is -2.09. The van der Waals surface area contributed by atoms with Gasteiger partial charge in [0.05, 0.1) is 12.3 Å². The van der Waals surface area contributed by atoms with Crippen molar-refractivity contribution in [3.63, 3.8) is 0 Å². The minimum atomic E-state index is 0.436. The first-order valence-electron chi connectivity index (χ1n) is 6.30. The molecule has 0 bridgehead atoms. The van der Waals surface area contributed by atoms with Crippen LogP contribution in [0.3, 0.4) is 0 Å². The summed E-state index contributed by atoms with van der Waals surface area (Å²) in [6.07, 6.45) is 1.77. The lowest BCUT2D eigenvalue weighted by Crippen LogP contribution is -2.00. The normalized spacial score (nSPS) is 10.0. The van der Waals surface area contributed by atoms with Gasteiger partial charge in [0, 0.05) is 25.0 Å². The summed E-state index contributed by atoms with van der Waals surface area (Å²) in [5.41, 5.74) is 1.91. The van der Waals surface area contributed by atoms with E-state index in [1.807, 2.05) is 50.4 Å². The van der Waals surface area contributed by atoms with Crippen molar-refractivity contribution in [3.05, 3.63) is 48.3 Å². The third-order valence-corrected chi connectivity index (χ3v) is 2.61. The van der Waals surface area contributed by atoms with Gasteiger partial charge in [-0.05, 0) is 31.2 Å². The third-order valence-electron chi connectivity index (χ3n) is 2.61. The predicted molar refractivity (Wildman–Crippen MR) is 75.7 cm³/mol. The maximum absolute atomic E-state index is 5.71. The van der Waals surface area contributed by atoms with Crippen LogP contribution >= 0.6 is 0 Å². The van der Waals surface area contributed by atoms with Crippen molar-refractivity contribution in [3.8, 4) is 11.5 Å². The number of hydrogen-bond acceptors (Lipinski definition) is 4. The van der Waals surface area contributed by atoms with E-state index < -0.39 is 0 Å². The zero-order valence-corrected chi connectivity index (χ0v) is 11.2. The SMILES string of the molecule is CCOc1cccc(OCc2cc(NC)ccn2)c1. The molecular formula is C15H18N2O2. The van der Waals surface area contributed by atoms with Crippen LogP contribution in [0.5, 0.6) is 11.5 Å². The smallest absolute Gasteiger partial charge is 0.130 e. The van der Waals surface area contributed by atoms with E-state index in [9.17, 15) is 0 Å². The summed E-state index contributed by atoms with van der Waals surface area (Å²) in [6.45, 7) is 3.04. The molecule has 0 spiro atoms. The van der Waals surface area contributed by atoms with Crippen LogP contribution in [-0.2, 0) is 6.61 Å². The fraction of sp³-hybridized carbons (Fsp3) is 0.267. The van der Waals surface area contributed by atoms with Gasteiger partial charge >= 0.3 is 0 Å². The second kappa shape index (κ2) is 6.64. The minimum Gasteiger partial charge on any atom is -0.494 e. The molecule has 0 fully saturated rings. The van der Waals surface area contributed by atoms with Gasteiger partial charge in [-0.3, -0.25) is 4.98 Å². The van der Waals surface area contributed by atoms with Crippen LogP contribution in [0, 0.1) is 0 Å². The van der Waals surface area contributed by atoms with Crippen LogP contribution in [0.25, 0.3) is 0 Å². The summed E-state index contributed by atoms with van der Waals surface area (Å²) in [4.78, 5) is 4.26. The molecule has 1 aromatic carbocycles. The van der Waals surface area contributed by atoms with Gasteiger partial charge in [-0.1, -0.05) is 6.07 Å². The van der Waals surface area contributed by atoms with E-state index in [0.29, 0.717) is 13.2 Å². The van der Waals surface area contributed by atoms with Crippen LogP contribution in [0.15, 0.2) is 42.6 Å². The number of hydrogen-bond donors (Lipinski definition) is 1. The molecule has 19 heavy (non-hydrogen) atoms. The number of pyridine rings is 1. The molecule has 0 atom stereocenters. The number of ether oxygens (including phenoxy) is 2. The average molecular weight is 258 g/mol. The summed E-state index contributed by atoms with van der Waals surface area (Å²) in [6, 6.07) is 11.5. The molecule has 0 aliphatic heterocycles. The Bertz CT molecular complexity index is 529. The number of nitrogens with one attached hydrogen (secondary N) is 1. The fourth-order valence-electron chi connectivity index (χ4n) is 1.69. The zero-order valence-electron chi connectivity index (χ0n) is 11.2. The summed E-state index contributed by atoms with van der Waals surface area (Å²) in [5.74, 6) is 1.60. The van der Waals surface area contributed by atoms with Crippen molar-refractivity contribution in [2.45, 2.75) is 13.5 Å². The second-order valence-corrected chi connectivity index (χ2v) is 3.98. The van der Waals surface area contributed by atoms with E-state index in [2.05, 4.69) is 10.3 Å². The summed E-state index contributed by atoms with van der Waals surface area (Å²) in [7, 11) is 1.88. The molecule has 1 heterocycles. The lowest BCUT2D eigenvalue weighted by atomic mass is 10.3. The van der Waals surface area contributed by atoms with E-state index in [1.165, 1.54) is 0 Å². The Labute approximate surface area is 113 Å². The molecule has 1 aromatic heterocycles. The number of benzene rings is 1. The van der Waals surface area contributed by atoms with E-state index in [-0.39, 0.29) is 0 Å². The fourth-order valence-corrected chi connectivity index (χ4v) is 1.69. The van der Waals surface area contributed by atoms with Gasteiger partial charge in [-0.15, -0.1) is 0 Å². The molecule has 0 unspecified atom stereocenters. The van der Waals surface area contributed by atoms with E-state index in [0.717, 1.165) is 22.9 Å². The highest BCUT2D eigenvalue weighted by atomic mass is 16.5. The highest BCUT2D eigenvalue weighted by molar-refractivity contribution is 5.42. The van der Waals surface area contributed by atoms with Crippen molar-refractivity contribution in [1.29, 1.82) is 0 Å². The van der Waals surface area contributed by atoms with E-state index >= 15 is 0 Å². The Kier molecular flexibility index (Phi) is 4.61. The summed E-state index contributed by atoms with van der Waals surface area (Å²) >= 11 is 0. The summed E-state index contributed by atoms with van der Waals surface area (Å²) in [5, 5.41) is 3.08. The first kappa shape index (κ1) is 13.2. The highest BCUT2D eigenvalue weighted by Crippen LogP contribution is 2.20. The zero-order chi connectivity index (χ0) is 13.5. The van der Waals surface area contributed by atoms with Gasteiger partial charge in [0.2, 0.25) is 0 Å². The molecule has 2 aromatic rings. The molecule has 0 radical (unpaired) electrons. The van der Waals surface area contributed by atoms with Gasteiger partial charge in [-0.2, -0.15) is 0 Å². The van der Waals surface area contributed by atoms with Crippen LogP contribution in [0.2, 0.25) is 0 Å². The van der Waals surface area contributed by atoms with Crippen molar-refractivity contribution in [1.82, 2.24) is 4.98 Å². The van der Waals surface area contributed by atoms with E-state index in [1.54, 1.807) is 6.20 Å². The average Bonchev–Trinajstić information content (AvgIpc) is 2.46. The molecule has 100 valence electrons. The molecule has 0 saturated carbocycles. The Balaban J connectivity index is 1.99. The Morgan fingerprint density at radius 1 is 1.11 bits per heavy atom. The largest absolute Gasteiger partial charge is 0.494 e. The monoisotopic (exact) mass is 258 g/mol. The molecule has 0 aliphatic carbocycles. The Morgan fingerprint density at radius 3 is 2.63 bits per heavy atom. The van der Waals surface area contributed by atoms with Crippen LogP contribution in [-0.4, -0.2) is 18.6 Å². The highest BCUT2D eigenvalue weighted by Gasteiger charge is 2.00. The number of rotatable bonds is 6.